The number of nitrogen functional groups attached to an aromatic ring is 1. The number of carbonyl (C=O) groups is 1. The van der Waals surface area contributed by atoms with Gasteiger partial charge in [0.1, 0.15) is 5.75 Å². The van der Waals surface area contributed by atoms with Gasteiger partial charge in [-0.2, -0.15) is 5.10 Å². The maximum absolute atomic E-state index is 11.7. The van der Waals surface area contributed by atoms with Crippen molar-refractivity contribution in [1.82, 2.24) is 5.43 Å². The third-order valence-corrected chi connectivity index (χ3v) is 2.32. The predicted octanol–water partition coefficient (Wildman–Crippen LogP) is 2.13. The van der Waals surface area contributed by atoms with Crippen LogP contribution in [0.3, 0.4) is 0 Å². The first kappa shape index (κ1) is 14.0. The maximum Gasteiger partial charge on any atom is 0.275 e. The smallest absolute Gasteiger partial charge is 0.275 e. The van der Waals surface area contributed by atoms with Crippen molar-refractivity contribution in [2.24, 2.45) is 11.0 Å². The lowest BCUT2D eigenvalue weighted by molar-refractivity contribution is 0.0952. The molecule has 18 heavy (non-hydrogen) atoms. The van der Waals surface area contributed by atoms with E-state index in [9.17, 15) is 9.90 Å². The van der Waals surface area contributed by atoms with Crippen LogP contribution in [-0.4, -0.2) is 16.7 Å². The van der Waals surface area contributed by atoms with E-state index in [1.807, 2.05) is 6.92 Å². The minimum absolute atomic E-state index is 0.149. The van der Waals surface area contributed by atoms with E-state index in [2.05, 4.69) is 24.4 Å². The topological polar surface area (TPSA) is 87.7 Å². The zero-order valence-corrected chi connectivity index (χ0v) is 10.9. The second-order valence-corrected chi connectivity index (χ2v) is 4.66. The molecule has 0 heterocycles. The van der Waals surface area contributed by atoms with E-state index in [4.69, 9.17) is 5.73 Å². The number of anilines is 1. The maximum atomic E-state index is 11.7. The van der Waals surface area contributed by atoms with Crippen LogP contribution in [-0.2, 0) is 0 Å². The highest BCUT2D eigenvalue weighted by Gasteiger charge is 2.10. The van der Waals surface area contributed by atoms with Crippen molar-refractivity contribution in [2.45, 2.75) is 27.2 Å². The molecule has 1 rings (SSSR count). The van der Waals surface area contributed by atoms with Crippen LogP contribution in [0.15, 0.2) is 23.3 Å². The normalized spacial score (nSPS) is 11.7. The van der Waals surface area contributed by atoms with Crippen LogP contribution in [0.1, 0.15) is 37.6 Å². The van der Waals surface area contributed by atoms with Crippen molar-refractivity contribution in [3.63, 3.8) is 0 Å². The molecule has 1 aromatic carbocycles. The summed E-state index contributed by atoms with van der Waals surface area (Å²) >= 11 is 0. The summed E-state index contributed by atoms with van der Waals surface area (Å²) in [7, 11) is 0. The number of hydrogen-bond acceptors (Lipinski definition) is 4. The van der Waals surface area contributed by atoms with Gasteiger partial charge in [-0.25, -0.2) is 5.43 Å². The number of nitrogens with two attached hydrogens (primary N) is 1. The van der Waals surface area contributed by atoms with Gasteiger partial charge < -0.3 is 10.8 Å². The number of nitrogens with zero attached hydrogens (tertiary/aromatic N) is 1. The van der Waals surface area contributed by atoms with Gasteiger partial charge in [-0.1, -0.05) is 13.8 Å². The fraction of sp³-hybridized carbons (Fsp3) is 0.385. The van der Waals surface area contributed by atoms with Crippen molar-refractivity contribution in [3.05, 3.63) is 23.8 Å². The summed E-state index contributed by atoms with van der Waals surface area (Å²) in [5, 5.41) is 13.6. The molecule has 0 saturated heterocycles. The molecular weight excluding hydrogens is 230 g/mol. The summed E-state index contributed by atoms with van der Waals surface area (Å²) in [6.07, 6.45) is 0.813. The molecule has 5 heteroatoms. The van der Waals surface area contributed by atoms with E-state index >= 15 is 0 Å². The molecule has 4 N–H and O–H groups in total. The van der Waals surface area contributed by atoms with E-state index in [0.29, 0.717) is 11.6 Å². The highest BCUT2D eigenvalue weighted by molar-refractivity contribution is 5.98. The Labute approximate surface area is 107 Å². The molecule has 0 aromatic heterocycles. The Kier molecular flexibility index (Phi) is 4.71. The first-order chi connectivity index (χ1) is 8.40. The summed E-state index contributed by atoms with van der Waals surface area (Å²) in [5.41, 5.74) is 9.30. The number of carbonyl (C=O) groups excluding carboxylic acids is 1. The zero-order valence-electron chi connectivity index (χ0n) is 10.9. The van der Waals surface area contributed by atoms with Crippen LogP contribution < -0.4 is 11.2 Å². The molecule has 0 atom stereocenters. The number of phenolic OH excluding ortho intramolecular Hbond substituents is 1. The number of benzene rings is 1. The SMILES string of the molecule is C/C(CC(C)C)=N/NC(=O)c1ccc(N)cc1O. The molecular formula is C13H19N3O2. The van der Waals surface area contributed by atoms with Crippen LogP contribution in [0.2, 0.25) is 0 Å². The lowest BCUT2D eigenvalue weighted by Gasteiger charge is -2.06. The van der Waals surface area contributed by atoms with E-state index in [1.54, 1.807) is 6.07 Å². The van der Waals surface area contributed by atoms with Gasteiger partial charge in [-0.15, -0.1) is 0 Å². The summed E-state index contributed by atoms with van der Waals surface area (Å²) in [4.78, 5) is 11.7. The molecule has 0 saturated carbocycles. The first-order valence-electron chi connectivity index (χ1n) is 5.82. The van der Waals surface area contributed by atoms with Gasteiger partial charge in [-0.05, 0) is 31.4 Å². The van der Waals surface area contributed by atoms with E-state index in [1.165, 1.54) is 12.1 Å². The van der Waals surface area contributed by atoms with Gasteiger partial charge in [0.15, 0.2) is 0 Å². The molecule has 98 valence electrons. The summed E-state index contributed by atoms with van der Waals surface area (Å²) in [5.74, 6) is -0.115. The van der Waals surface area contributed by atoms with Gasteiger partial charge in [0, 0.05) is 17.5 Å². The molecule has 0 fully saturated rings. The number of hydrazone groups is 1. The van der Waals surface area contributed by atoms with Crippen molar-refractivity contribution < 1.29 is 9.90 Å². The molecule has 0 radical (unpaired) electrons. The van der Waals surface area contributed by atoms with Gasteiger partial charge in [0.05, 0.1) is 5.56 Å². The van der Waals surface area contributed by atoms with E-state index < -0.39 is 5.91 Å². The van der Waals surface area contributed by atoms with Crippen LogP contribution >= 0.6 is 0 Å². The number of amides is 1. The Morgan fingerprint density at radius 3 is 2.72 bits per heavy atom. The minimum Gasteiger partial charge on any atom is -0.507 e. The van der Waals surface area contributed by atoms with Gasteiger partial charge in [0.25, 0.3) is 5.91 Å². The molecule has 0 aliphatic heterocycles. The highest BCUT2D eigenvalue weighted by Crippen LogP contribution is 2.19. The summed E-state index contributed by atoms with van der Waals surface area (Å²) in [6.45, 7) is 6.00. The number of phenols is 1. The predicted molar refractivity (Wildman–Crippen MR) is 72.5 cm³/mol. The number of nitrogens with one attached hydrogen (secondary N) is 1. The molecule has 0 aliphatic carbocycles. The number of rotatable bonds is 4. The lowest BCUT2D eigenvalue weighted by Crippen LogP contribution is -2.19. The average molecular weight is 249 g/mol. The Morgan fingerprint density at radius 2 is 2.17 bits per heavy atom. The second kappa shape index (κ2) is 6.05. The molecule has 1 amide bonds. The van der Waals surface area contributed by atoms with Crippen LogP contribution in [0, 0.1) is 5.92 Å². The molecule has 0 bridgehead atoms. The Bertz CT molecular complexity index is 467. The van der Waals surface area contributed by atoms with Gasteiger partial charge in [-0.3, -0.25) is 4.79 Å². The van der Waals surface area contributed by atoms with Crippen LogP contribution in [0.5, 0.6) is 5.75 Å². The monoisotopic (exact) mass is 249 g/mol. The van der Waals surface area contributed by atoms with Crippen molar-refractivity contribution in [1.29, 1.82) is 0 Å². The standard InChI is InChI=1S/C13H19N3O2/c1-8(2)6-9(3)15-16-13(18)11-5-4-10(14)7-12(11)17/h4-5,7-8,17H,6,14H2,1-3H3,(H,16,18)/b15-9-. The Morgan fingerprint density at radius 1 is 1.50 bits per heavy atom. The molecule has 1 aromatic rings. The molecule has 0 unspecified atom stereocenters. The minimum atomic E-state index is -0.449. The fourth-order valence-corrected chi connectivity index (χ4v) is 1.58. The first-order valence-corrected chi connectivity index (χ1v) is 5.82. The summed E-state index contributed by atoms with van der Waals surface area (Å²) in [6, 6.07) is 4.35. The second-order valence-electron chi connectivity index (χ2n) is 4.66. The largest absolute Gasteiger partial charge is 0.507 e. The highest BCUT2D eigenvalue weighted by atomic mass is 16.3. The van der Waals surface area contributed by atoms with Crippen LogP contribution in [0.25, 0.3) is 0 Å². The van der Waals surface area contributed by atoms with E-state index in [0.717, 1.165) is 12.1 Å². The van der Waals surface area contributed by atoms with Crippen molar-refractivity contribution in [3.8, 4) is 5.75 Å². The molecule has 5 nitrogen and oxygen atoms in total. The quantitative estimate of drug-likeness (QED) is 0.434. The van der Waals surface area contributed by atoms with Crippen molar-refractivity contribution >= 4 is 17.3 Å². The van der Waals surface area contributed by atoms with Crippen LogP contribution in [0.4, 0.5) is 5.69 Å². The third-order valence-electron chi connectivity index (χ3n) is 2.32. The Balaban J connectivity index is 2.71. The van der Waals surface area contributed by atoms with Crippen molar-refractivity contribution in [2.75, 3.05) is 5.73 Å². The number of aromatic hydroxyl groups is 1. The molecule has 0 aliphatic rings. The van der Waals surface area contributed by atoms with Gasteiger partial charge >= 0.3 is 0 Å². The zero-order chi connectivity index (χ0) is 13.7. The van der Waals surface area contributed by atoms with Gasteiger partial charge in [0.2, 0.25) is 0 Å². The average Bonchev–Trinajstić information content (AvgIpc) is 2.25. The molecule has 0 spiro atoms. The fourth-order valence-electron chi connectivity index (χ4n) is 1.58. The summed E-state index contributed by atoms with van der Waals surface area (Å²) < 4.78 is 0. The third kappa shape index (κ3) is 4.08. The number of hydrogen-bond donors (Lipinski definition) is 3. The Hall–Kier alpha value is -2.04. The lowest BCUT2D eigenvalue weighted by atomic mass is 10.1. The van der Waals surface area contributed by atoms with E-state index in [-0.39, 0.29) is 11.3 Å².